The number of aromatic hydroxyl groups is 1. The highest BCUT2D eigenvalue weighted by atomic mass is 16.5. The molecule has 0 aliphatic rings. The summed E-state index contributed by atoms with van der Waals surface area (Å²) in [5.41, 5.74) is 2.25. The van der Waals surface area contributed by atoms with E-state index in [4.69, 9.17) is 4.74 Å². The first-order valence-electron chi connectivity index (χ1n) is 10.4. The van der Waals surface area contributed by atoms with Crippen molar-refractivity contribution in [2.45, 2.75) is 0 Å². The molecule has 32 heavy (non-hydrogen) atoms. The first kappa shape index (κ1) is 19.6. The topological polar surface area (TPSA) is 46.5 Å². The molecular weight excluding hydrogens is 396 g/mol. The molecule has 0 aliphatic carbocycles. The molecule has 5 rings (SSSR count). The zero-order valence-electron chi connectivity index (χ0n) is 17.2. The lowest BCUT2D eigenvalue weighted by Crippen LogP contribution is -2.05. The van der Waals surface area contributed by atoms with Crippen molar-refractivity contribution >= 4 is 33.6 Å². The Morgan fingerprint density at radius 2 is 1.25 bits per heavy atom. The van der Waals surface area contributed by atoms with E-state index in [2.05, 4.69) is 0 Å². The molecule has 0 heterocycles. The second-order valence-electron chi connectivity index (χ2n) is 7.51. The number of fused-ring (bicyclic) bond motifs is 2. The first-order valence-corrected chi connectivity index (χ1v) is 10.4. The minimum absolute atomic E-state index is 0.136. The zero-order chi connectivity index (χ0) is 21.9. The fourth-order valence-corrected chi connectivity index (χ4v) is 3.99. The Labute approximate surface area is 185 Å². The van der Waals surface area contributed by atoms with E-state index in [-0.39, 0.29) is 5.75 Å². The SMILES string of the molecule is O=C(/C=C/c1ccccc1)Oc1ccc2ccccc2c1-c1c(O)ccc2ccccc12. The summed E-state index contributed by atoms with van der Waals surface area (Å²) in [4.78, 5) is 12.7. The van der Waals surface area contributed by atoms with Crippen LogP contribution in [0.25, 0.3) is 38.7 Å². The van der Waals surface area contributed by atoms with Crippen LogP contribution in [0.3, 0.4) is 0 Å². The van der Waals surface area contributed by atoms with Gasteiger partial charge in [0.25, 0.3) is 0 Å². The standard InChI is InChI=1S/C29H20O3/c30-25-17-15-21-10-4-6-12-23(21)28(25)29-24-13-7-5-11-22(24)16-18-26(29)32-27(31)19-14-20-8-2-1-3-9-20/h1-19,30H/b19-14+. The zero-order valence-corrected chi connectivity index (χ0v) is 17.2. The lowest BCUT2D eigenvalue weighted by Gasteiger charge is -2.16. The van der Waals surface area contributed by atoms with Crippen LogP contribution in [-0.2, 0) is 4.79 Å². The molecule has 0 amide bonds. The van der Waals surface area contributed by atoms with E-state index in [9.17, 15) is 9.90 Å². The summed E-state index contributed by atoms with van der Waals surface area (Å²) < 4.78 is 5.80. The van der Waals surface area contributed by atoms with Crippen LogP contribution in [-0.4, -0.2) is 11.1 Å². The molecule has 0 aromatic heterocycles. The summed E-state index contributed by atoms with van der Waals surface area (Å²) in [6, 6.07) is 32.6. The monoisotopic (exact) mass is 416 g/mol. The molecule has 0 unspecified atom stereocenters. The number of esters is 1. The van der Waals surface area contributed by atoms with Crippen molar-refractivity contribution in [2.24, 2.45) is 0 Å². The molecule has 0 bridgehead atoms. The predicted octanol–water partition coefficient (Wildman–Crippen LogP) is 6.98. The van der Waals surface area contributed by atoms with E-state index in [1.54, 1.807) is 18.2 Å². The van der Waals surface area contributed by atoms with Gasteiger partial charge in [-0.2, -0.15) is 0 Å². The van der Waals surface area contributed by atoms with Crippen LogP contribution in [0.4, 0.5) is 0 Å². The van der Waals surface area contributed by atoms with Crippen molar-refractivity contribution in [1.29, 1.82) is 0 Å². The third-order valence-electron chi connectivity index (χ3n) is 5.47. The maximum absolute atomic E-state index is 12.7. The Morgan fingerprint density at radius 3 is 1.97 bits per heavy atom. The Kier molecular flexibility index (Phi) is 5.14. The average Bonchev–Trinajstić information content (AvgIpc) is 2.84. The van der Waals surface area contributed by atoms with Crippen LogP contribution in [0.1, 0.15) is 5.56 Å². The number of hydrogen-bond donors (Lipinski definition) is 1. The van der Waals surface area contributed by atoms with Crippen LogP contribution in [0.15, 0.2) is 109 Å². The van der Waals surface area contributed by atoms with Crippen molar-refractivity contribution in [3.8, 4) is 22.6 Å². The molecule has 0 aliphatic heterocycles. The molecule has 154 valence electrons. The van der Waals surface area contributed by atoms with Crippen LogP contribution >= 0.6 is 0 Å². The van der Waals surface area contributed by atoms with Crippen LogP contribution in [0.2, 0.25) is 0 Å². The third kappa shape index (κ3) is 3.72. The maximum atomic E-state index is 12.7. The van der Waals surface area contributed by atoms with Gasteiger partial charge in [-0.25, -0.2) is 4.79 Å². The van der Waals surface area contributed by atoms with Crippen molar-refractivity contribution < 1.29 is 14.6 Å². The van der Waals surface area contributed by atoms with Gasteiger partial charge in [0.05, 0.1) is 0 Å². The normalized spacial score (nSPS) is 11.2. The summed E-state index contributed by atoms with van der Waals surface area (Å²) in [5, 5.41) is 14.7. The molecule has 0 atom stereocenters. The number of carbonyl (C=O) groups excluding carboxylic acids is 1. The minimum Gasteiger partial charge on any atom is -0.507 e. The highest BCUT2D eigenvalue weighted by Crippen LogP contribution is 2.44. The second-order valence-corrected chi connectivity index (χ2v) is 7.51. The number of ether oxygens (including phenoxy) is 1. The van der Waals surface area contributed by atoms with Gasteiger partial charge < -0.3 is 9.84 Å². The van der Waals surface area contributed by atoms with Crippen molar-refractivity contribution in [1.82, 2.24) is 0 Å². The van der Waals surface area contributed by atoms with Gasteiger partial charge >= 0.3 is 5.97 Å². The van der Waals surface area contributed by atoms with E-state index in [0.29, 0.717) is 16.9 Å². The molecule has 5 aromatic rings. The molecular formula is C29H20O3. The summed E-state index contributed by atoms with van der Waals surface area (Å²) >= 11 is 0. The molecule has 3 nitrogen and oxygen atoms in total. The molecule has 0 fully saturated rings. The van der Waals surface area contributed by atoms with Crippen LogP contribution < -0.4 is 4.74 Å². The highest BCUT2D eigenvalue weighted by Gasteiger charge is 2.19. The summed E-state index contributed by atoms with van der Waals surface area (Å²) in [7, 11) is 0. The number of phenols is 1. The Morgan fingerprint density at radius 1 is 0.656 bits per heavy atom. The van der Waals surface area contributed by atoms with Crippen molar-refractivity contribution in [3.05, 3.63) is 115 Å². The van der Waals surface area contributed by atoms with E-state index >= 15 is 0 Å². The largest absolute Gasteiger partial charge is 0.507 e. The van der Waals surface area contributed by atoms with Crippen LogP contribution in [0, 0.1) is 0 Å². The summed E-state index contributed by atoms with van der Waals surface area (Å²) in [6.45, 7) is 0. The molecule has 0 spiro atoms. The first-order chi connectivity index (χ1) is 15.7. The van der Waals surface area contributed by atoms with E-state index < -0.39 is 5.97 Å². The van der Waals surface area contributed by atoms with E-state index in [1.165, 1.54) is 6.08 Å². The van der Waals surface area contributed by atoms with Gasteiger partial charge in [-0.15, -0.1) is 0 Å². The Hall–Kier alpha value is -4.37. The Balaban J connectivity index is 1.66. The Bertz CT molecular complexity index is 1470. The summed E-state index contributed by atoms with van der Waals surface area (Å²) in [5.74, 6) is 0.0559. The fraction of sp³-hybridized carbons (Fsp3) is 0. The van der Waals surface area contributed by atoms with Crippen molar-refractivity contribution in [3.63, 3.8) is 0 Å². The van der Waals surface area contributed by atoms with Gasteiger partial charge in [-0.1, -0.05) is 91.0 Å². The molecule has 0 saturated heterocycles. The van der Waals surface area contributed by atoms with Gasteiger partial charge in [0.15, 0.2) is 0 Å². The van der Waals surface area contributed by atoms with E-state index in [1.807, 2.05) is 91.0 Å². The van der Waals surface area contributed by atoms with E-state index in [0.717, 1.165) is 27.1 Å². The second kappa shape index (κ2) is 8.40. The molecule has 0 radical (unpaired) electrons. The molecule has 3 heteroatoms. The third-order valence-corrected chi connectivity index (χ3v) is 5.47. The number of carbonyl (C=O) groups is 1. The van der Waals surface area contributed by atoms with Crippen molar-refractivity contribution in [2.75, 3.05) is 0 Å². The molecule has 5 aromatic carbocycles. The number of benzene rings is 5. The lowest BCUT2D eigenvalue weighted by molar-refractivity contribution is -0.128. The smallest absolute Gasteiger partial charge is 0.336 e. The number of hydrogen-bond acceptors (Lipinski definition) is 3. The number of phenolic OH excluding ortho intramolecular Hbond substituents is 1. The maximum Gasteiger partial charge on any atom is 0.336 e. The molecule has 0 saturated carbocycles. The highest BCUT2D eigenvalue weighted by molar-refractivity contribution is 6.10. The summed E-state index contributed by atoms with van der Waals surface area (Å²) in [6.07, 6.45) is 3.13. The average molecular weight is 416 g/mol. The van der Waals surface area contributed by atoms with Gasteiger partial charge in [0.1, 0.15) is 11.5 Å². The van der Waals surface area contributed by atoms with Gasteiger partial charge in [-0.05, 0) is 45.3 Å². The van der Waals surface area contributed by atoms with Gasteiger partial charge in [0, 0.05) is 17.2 Å². The fourth-order valence-electron chi connectivity index (χ4n) is 3.99. The van der Waals surface area contributed by atoms with Crippen LogP contribution in [0.5, 0.6) is 11.5 Å². The lowest BCUT2D eigenvalue weighted by atomic mass is 9.92. The quantitative estimate of drug-likeness (QED) is 0.195. The van der Waals surface area contributed by atoms with Gasteiger partial charge in [-0.3, -0.25) is 0 Å². The van der Waals surface area contributed by atoms with Gasteiger partial charge in [0.2, 0.25) is 0 Å². The number of rotatable bonds is 4. The predicted molar refractivity (Wildman–Crippen MR) is 130 cm³/mol. The molecule has 1 N–H and O–H groups in total. The minimum atomic E-state index is -0.481.